The second kappa shape index (κ2) is 11.3. The summed E-state index contributed by atoms with van der Waals surface area (Å²) in [5, 5.41) is 12.2. The van der Waals surface area contributed by atoms with E-state index in [4.69, 9.17) is 14.2 Å². The highest BCUT2D eigenvalue weighted by atomic mass is 16.6. The summed E-state index contributed by atoms with van der Waals surface area (Å²) in [7, 11) is 2.04. The molecule has 41 heavy (non-hydrogen) atoms. The van der Waals surface area contributed by atoms with Crippen LogP contribution in [0.2, 0.25) is 0 Å². The van der Waals surface area contributed by atoms with Gasteiger partial charge < -0.3 is 24.2 Å². The molecule has 1 aromatic rings. The third-order valence-corrected chi connectivity index (χ3v) is 9.47. The molecule has 1 spiro atoms. The molecule has 1 N–H and O–H groups in total. The molecule has 9 nitrogen and oxygen atoms in total. The van der Waals surface area contributed by atoms with E-state index < -0.39 is 35.2 Å². The molecule has 5 atom stereocenters. The van der Waals surface area contributed by atoms with Crippen molar-refractivity contribution in [3.8, 4) is 5.75 Å². The number of hydrogen-bond donors (Lipinski definition) is 1. The summed E-state index contributed by atoms with van der Waals surface area (Å²) < 4.78 is 17.7. The third-order valence-electron chi connectivity index (χ3n) is 9.47. The Bertz CT molecular complexity index is 1290. The molecule has 5 rings (SSSR count). The molecule has 0 saturated carbocycles. The van der Waals surface area contributed by atoms with Gasteiger partial charge in [0.1, 0.15) is 17.3 Å². The molecule has 9 heteroatoms. The van der Waals surface area contributed by atoms with Gasteiger partial charge >= 0.3 is 11.9 Å². The average Bonchev–Trinajstić information content (AvgIpc) is 3.28. The van der Waals surface area contributed by atoms with Crippen LogP contribution in [0, 0.1) is 6.92 Å². The molecule has 1 saturated heterocycles. The van der Waals surface area contributed by atoms with Gasteiger partial charge in [0.2, 0.25) is 0 Å². The van der Waals surface area contributed by atoms with E-state index in [1.54, 1.807) is 6.08 Å². The Hall–Kier alpha value is -3.04. The van der Waals surface area contributed by atoms with Gasteiger partial charge in [0, 0.05) is 24.4 Å². The summed E-state index contributed by atoms with van der Waals surface area (Å²) in [4.78, 5) is 51.9. The number of hydrogen-bond acceptors (Lipinski definition) is 9. The van der Waals surface area contributed by atoms with Gasteiger partial charge in [0.15, 0.2) is 18.0 Å². The number of Topliss-reactive ketones (excluding diaryl/α,β-unsaturated/α-hetero) is 2. The van der Waals surface area contributed by atoms with E-state index in [2.05, 4.69) is 11.0 Å². The van der Waals surface area contributed by atoms with Crippen molar-refractivity contribution in [3.05, 3.63) is 40.7 Å². The minimum Gasteiger partial charge on any atom is -0.481 e. The zero-order valence-corrected chi connectivity index (χ0v) is 24.5. The van der Waals surface area contributed by atoms with Gasteiger partial charge in [0.05, 0.1) is 30.3 Å². The normalized spacial score (nSPS) is 28.2. The van der Waals surface area contributed by atoms with E-state index in [-0.39, 0.29) is 43.3 Å². The van der Waals surface area contributed by atoms with E-state index in [0.29, 0.717) is 25.0 Å². The molecule has 2 aliphatic heterocycles. The van der Waals surface area contributed by atoms with Crippen LogP contribution in [0.15, 0.2) is 24.0 Å². The SMILES string of the molecule is CCCCCC(=O)[C@@H](CC(C)=O)OC(=O)CCC(=O)OC1=CC[C@@]2(O)[C@H]3Cc4ccc(C)c5c4[C@@]2(CCN3C)[C@H]1O5. The van der Waals surface area contributed by atoms with Crippen molar-refractivity contribution in [3.63, 3.8) is 0 Å². The molecule has 1 aromatic carbocycles. The molecule has 2 heterocycles. The van der Waals surface area contributed by atoms with Crippen LogP contribution in [0.4, 0.5) is 0 Å². The number of likely N-dealkylation sites (N-methyl/N-ethyl adjacent to an activating group) is 1. The van der Waals surface area contributed by atoms with Crippen LogP contribution in [0.5, 0.6) is 5.75 Å². The predicted molar refractivity (Wildman–Crippen MR) is 149 cm³/mol. The molecular formula is C32H41NO8. The number of rotatable bonds is 12. The van der Waals surface area contributed by atoms with Gasteiger partial charge in [-0.15, -0.1) is 0 Å². The van der Waals surface area contributed by atoms with Gasteiger partial charge in [-0.1, -0.05) is 31.9 Å². The number of esters is 2. The monoisotopic (exact) mass is 567 g/mol. The van der Waals surface area contributed by atoms with Crippen LogP contribution in [0.3, 0.4) is 0 Å². The second-order valence-electron chi connectivity index (χ2n) is 12.2. The molecule has 0 aromatic heterocycles. The highest BCUT2D eigenvalue weighted by molar-refractivity contribution is 5.91. The van der Waals surface area contributed by atoms with Gasteiger partial charge in [0.25, 0.3) is 0 Å². The molecule has 2 bridgehead atoms. The van der Waals surface area contributed by atoms with Gasteiger partial charge in [-0.25, -0.2) is 0 Å². The average molecular weight is 568 g/mol. The van der Waals surface area contributed by atoms with Crippen molar-refractivity contribution in [1.82, 2.24) is 4.90 Å². The van der Waals surface area contributed by atoms with Crippen LogP contribution in [0.1, 0.15) is 88.3 Å². The van der Waals surface area contributed by atoms with Gasteiger partial charge in [-0.2, -0.15) is 0 Å². The van der Waals surface area contributed by atoms with Crippen LogP contribution in [0.25, 0.3) is 0 Å². The first kappa shape index (κ1) is 29.5. The largest absolute Gasteiger partial charge is 0.481 e. The molecular weight excluding hydrogens is 526 g/mol. The number of piperidine rings is 1. The quantitative estimate of drug-likeness (QED) is 0.298. The standard InChI is InChI=1S/C32H41NO8/c1-5-6-7-8-22(35)24(17-20(3)34)40-27(37)12-11-26(36)39-23-13-14-32(38)25-18-21-10-9-19(2)29-28(21)31(32,30(23)41-29)15-16-33(25)4/h9-10,13,24-25,30,38H,5-8,11-12,14-18H2,1-4H3/t24-,25-,30+,31+,32-/m1/s1. The predicted octanol–water partition coefficient (Wildman–Crippen LogP) is 3.64. The summed E-state index contributed by atoms with van der Waals surface area (Å²) in [5.74, 6) is -0.742. The van der Waals surface area contributed by atoms with Crippen molar-refractivity contribution in [2.24, 2.45) is 0 Å². The first-order chi connectivity index (χ1) is 19.5. The smallest absolute Gasteiger partial charge is 0.311 e. The number of ketones is 2. The Morgan fingerprint density at radius 3 is 2.63 bits per heavy atom. The molecule has 1 fully saturated rings. The Balaban J connectivity index is 1.27. The van der Waals surface area contributed by atoms with Gasteiger partial charge in [-0.05, 0) is 63.9 Å². The molecule has 0 unspecified atom stereocenters. The lowest BCUT2D eigenvalue weighted by molar-refractivity contribution is -0.170. The summed E-state index contributed by atoms with van der Waals surface area (Å²) in [6.07, 6.45) is 3.73. The number of aliphatic hydroxyl groups is 1. The fourth-order valence-electron chi connectivity index (χ4n) is 7.38. The highest BCUT2D eigenvalue weighted by Crippen LogP contribution is 2.64. The second-order valence-corrected chi connectivity index (χ2v) is 12.2. The lowest BCUT2D eigenvalue weighted by Crippen LogP contribution is -2.74. The first-order valence-corrected chi connectivity index (χ1v) is 14.9. The number of benzene rings is 1. The number of likely N-dealkylation sites (tertiary alicyclic amines) is 1. The summed E-state index contributed by atoms with van der Waals surface area (Å²) in [5.41, 5.74) is 1.39. The summed E-state index contributed by atoms with van der Waals surface area (Å²) in [6.45, 7) is 6.14. The highest BCUT2D eigenvalue weighted by Gasteiger charge is 2.71. The zero-order valence-electron chi connectivity index (χ0n) is 24.5. The number of ether oxygens (including phenoxy) is 3. The number of carbonyl (C=O) groups excluding carboxylic acids is 4. The van der Waals surface area contributed by atoms with Crippen LogP contribution in [-0.2, 0) is 40.5 Å². The Morgan fingerprint density at radius 1 is 1.15 bits per heavy atom. The first-order valence-electron chi connectivity index (χ1n) is 14.9. The molecule has 222 valence electrons. The minimum absolute atomic E-state index is 0.0839. The number of aryl methyl sites for hydroxylation is 1. The van der Waals surface area contributed by atoms with Crippen LogP contribution in [-0.4, -0.2) is 71.0 Å². The van der Waals surface area contributed by atoms with E-state index in [1.807, 2.05) is 27.0 Å². The summed E-state index contributed by atoms with van der Waals surface area (Å²) >= 11 is 0. The maximum atomic E-state index is 13.0. The Labute approximate surface area is 241 Å². The number of carbonyl (C=O) groups is 4. The lowest BCUT2D eigenvalue weighted by Gasteiger charge is -2.61. The van der Waals surface area contributed by atoms with Crippen molar-refractivity contribution in [2.75, 3.05) is 13.6 Å². The van der Waals surface area contributed by atoms with Gasteiger partial charge in [-0.3, -0.25) is 19.2 Å². The van der Waals surface area contributed by atoms with Crippen molar-refractivity contribution in [2.45, 2.75) is 114 Å². The number of nitrogens with zero attached hydrogens (tertiary/aromatic N) is 1. The topological polar surface area (TPSA) is 119 Å². The summed E-state index contributed by atoms with van der Waals surface area (Å²) in [6, 6.07) is 4.08. The molecule has 4 aliphatic rings. The molecule has 0 radical (unpaired) electrons. The fourth-order valence-corrected chi connectivity index (χ4v) is 7.38. The van der Waals surface area contributed by atoms with E-state index in [9.17, 15) is 24.3 Å². The Kier molecular flexibility index (Phi) is 8.14. The molecule has 2 aliphatic carbocycles. The van der Waals surface area contributed by atoms with E-state index >= 15 is 0 Å². The third kappa shape index (κ3) is 5.01. The van der Waals surface area contributed by atoms with Crippen molar-refractivity contribution < 1.29 is 38.5 Å². The van der Waals surface area contributed by atoms with Crippen LogP contribution < -0.4 is 4.74 Å². The van der Waals surface area contributed by atoms with Crippen molar-refractivity contribution >= 4 is 23.5 Å². The van der Waals surface area contributed by atoms with Crippen LogP contribution >= 0.6 is 0 Å². The Morgan fingerprint density at radius 2 is 1.90 bits per heavy atom. The molecule has 0 amide bonds. The van der Waals surface area contributed by atoms with Crippen molar-refractivity contribution in [1.29, 1.82) is 0 Å². The fraction of sp³-hybridized carbons (Fsp3) is 0.625. The minimum atomic E-state index is -1.13. The van der Waals surface area contributed by atoms with E-state index in [0.717, 1.165) is 48.2 Å². The number of unbranched alkanes of at least 4 members (excludes halogenated alkanes) is 2. The lowest BCUT2D eigenvalue weighted by atomic mass is 9.50. The maximum absolute atomic E-state index is 13.0. The maximum Gasteiger partial charge on any atom is 0.311 e. The zero-order chi connectivity index (χ0) is 29.5. The van der Waals surface area contributed by atoms with E-state index in [1.165, 1.54) is 6.92 Å².